The fraction of sp³-hybridized carbons (Fsp3) is 0.471. The van der Waals surface area contributed by atoms with Crippen molar-refractivity contribution in [1.29, 1.82) is 0 Å². The normalized spacial score (nSPS) is 11.7. The van der Waals surface area contributed by atoms with Crippen molar-refractivity contribution in [2.45, 2.75) is 34.1 Å². The van der Waals surface area contributed by atoms with Crippen molar-refractivity contribution in [3.8, 4) is 16.9 Å². The van der Waals surface area contributed by atoms with Crippen molar-refractivity contribution < 1.29 is 4.74 Å². The Morgan fingerprint density at radius 3 is 2.33 bits per heavy atom. The molecule has 1 heterocycles. The number of nitrogens with two attached hydrogens (primary N) is 1. The van der Waals surface area contributed by atoms with Crippen LogP contribution in [0.15, 0.2) is 24.3 Å². The van der Waals surface area contributed by atoms with Crippen LogP contribution in [0.3, 0.4) is 0 Å². The highest BCUT2D eigenvalue weighted by Crippen LogP contribution is 2.34. The zero-order valence-corrected chi connectivity index (χ0v) is 13.6. The summed E-state index contributed by atoms with van der Waals surface area (Å²) in [5, 5.41) is 4.59. The lowest BCUT2D eigenvalue weighted by Gasteiger charge is -2.17. The molecule has 0 spiro atoms. The molecule has 4 heteroatoms. The van der Waals surface area contributed by atoms with Crippen LogP contribution in [-0.4, -0.2) is 16.4 Å². The largest absolute Gasteiger partial charge is 0.494 e. The number of ether oxygens (including phenoxy) is 1. The minimum atomic E-state index is 0.167. The third kappa shape index (κ3) is 3.57. The summed E-state index contributed by atoms with van der Waals surface area (Å²) in [5.74, 6) is 1.58. The third-order valence-electron chi connectivity index (χ3n) is 3.32. The van der Waals surface area contributed by atoms with Crippen LogP contribution < -0.4 is 10.5 Å². The SMILES string of the molecule is CCOc1ccc(-c2c(CC(C)(C)C)nn(C)c2N)cc1. The van der Waals surface area contributed by atoms with E-state index < -0.39 is 0 Å². The maximum absolute atomic E-state index is 6.22. The van der Waals surface area contributed by atoms with Crippen LogP contribution in [0.25, 0.3) is 11.1 Å². The lowest BCUT2D eigenvalue weighted by Crippen LogP contribution is -2.10. The minimum absolute atomic E-state index is 0.167. The fourth-order valence-electron chi connectivity index (χ4n) is 2.42. The highest BCUT2D eigenvalue weighted by molar-refractivity contribution is 5.77. The molecule has 2 rings (SSSR count). The van der Waals surface area contributed by atoms with Crippen molar-refractivity contribution in [2.24, 2.45) is 12.5 Å². The number of hydrogen-bond acceptors (Lipinski definition) is 3. The molecule has 0 aliphatic heterocycles. The second kappa shape index (κ2) is 5.80. The molecule has 4 nitrogen and oxygen atoms in total. The molecule has 0 saturated carbocycles. The molecule has 0 aliphatic carbocycles. The summed E-state index contributed by atoms with van der Waals surface area (Å²) in [6.45, 7) is 9.28. The molecule has 1 aromatic heterocycles. The summed E-state index contributed by atoms with van der Waals surface area (Å²) in [6, 6.07) is 8.05. The number of nitrogens with zero attached hydrogens (tertiary/aromatic N) is 2. The molecule has 2 N–H and O–H groups in total. The number of aryl methyl sites for hydroxylation is 1. The number of anilines is 1. The summed E-state index contributed by atoms with van der Waals surface area (Å²) >= 11 is 0. The molecule has 2 aromatic rings. The van der Waals surface area contributed by atoms with Gasteiger partial charge in [0, 0.05) is 12.6 Å². The van der Waals surface area contributed by atoms with Gasteiger partial charge in [0.15, 0.2) is 0 Å². The van der Waals surface area contributed by atoms with Gasteiger partial charge in [-0.2, -0.15) is 5.10 Å². The van der Waals surface area contributed by atoms with Gasteiger partial charge < -0.3 is 10.5 Å². The van der Waals surface area contributed by atoms with E-state index in [1.165, 1.54) is 0 Å². The Bertz CT molecular complexity index is 606. The van der Waals surface area contributed by atoms with Gasteiger partial charge in [0.05, 0.1) is 12.3 Å². The molecule has 0 fully saturated rings. The van der Waals surface area contributed by atoms with Crippen LogP contribution in [-0.2, 0) is 13.5 Å². The van der Waals surface area contributed by atoms with Gasteiger partial charge in [-0.1, -0.05) is 32.9 Å². The maximum atomic E-state index is 6.22. The maximum Gasteiger partial charge on any atom is 0.129 e. The number of benzene rings is 1. The summed E-state index contributed by atoms with van der Waals surface area (Å²) in [6.07, 6.45) is 0.889. The fourth-order valence-corrected chi connectivity index (χ4v) is 2.42. The summed E-state index contributed by atoms with van der Waals surface area (Å²) in [4.78, 5) is 0. The molecule has 0 amide bonds. The van der Waals surface area contributed by atoms with E-state index in [2.05, 4.69) is 25.9 Å². The van der Waals surface area contributed by atoms with Gasteiger partial charge in [-0.15, -0.1) is 0 Å². The van der Waals surface area contributed by atoms with Crippen molar-refractivity contribution in [3.63, 3.8) is 0 Å². The van der Waals surface area contributed by atoms with Crippen LogP contribution in [0.5, 0.6) is 5.75 Å². The van der Waals surface area contributed by atoms with E-state index in [1.54, 1.807) is 4.68 Å². The Balaban J connectivity index is 2.42. The second-order valence-electron chi connectivity index (χ2n) is 6.53. The molecule has 0 bridgehead atoms. The minimum Gasteiger partial charge on any atom is -0.494 e. The average Bonchev–Trinajstić information content (AvgIpc) is 2.64. The lowest BCUT2D eigenvalue weighted by molar-refractivity contribution is 0.340. The van der Waals surface area contributed by atoms with Crippen molar-refractivity contribution in [3.05, 3.63) is 30.0 Å². The van der Waals surface area contributed by atoms with Crippen molar-refractivity contribution in [2.75, 3.05) is 12.3 Å². The quantitative estimate of drug-likeness (QED) is 0.933. The molecule has 0 unspecified atom stereocenters. The average molecular weight is 287 g/mol. The number of hydrogen-bond donors (Lipinski definition) is 1. The van der Waals surface area contributed by atoms with E-state index >= 15 is 0 Å². The zero-order valence-electron chi connectivity index (χ0n) is 13.6. The van der Waals surface area contributed by atoms with E-state index in [9.17, 15) is 0 Å². The van der Waals surface area contributed by atoms with Crippen molar-refractivity contribution in [1.82, 2.24) is 9.78 Å². The van der Waals surface area contributed by atoms with E-state index in [-0.39, 0.29) is 5.41 Å². The van der Waals surface area contributed by atoms with E-state index in [0.717, 1.165) is 29.0 Å². The Morgan fingerprint density at radius 2 is 1.81 bits per heavy atom. The molecule has 114 valence electrons. The molecule has 0 atom stereocenters. The first kappa shape index (κ1) is 15.4. The number of aromatic nitrogens is 2. The van der Waals surface area contributed by atoms with Crippen LogP contribution in [0.2, 0.25) is 0 Å². The highest BCUT2D eigenvalue weighted by Gasteiger charge is 2.21. The van der Waals surface area contributed by atoms with Gasteiger partial charge in [0.1, 0.15) is 11.6 Å². The molecular weight excluding hydrogens is 262 g/mol. The first-order chi connectivity index (χ1) is 9.81. The smallest absolute Gasteiger partial charge is 0.129 e. The summed E-state index contributed by atoms with van der Waals surface area (Å²) < 4.78 is 7.25. The Morgan fingerprint density at radius 1 is 1.19 bits per heavy atom. The lowest BCUT2D eigenvalue weighted by atomic mass is 9.88. The Kier molecular flexibility index (Phi) is 4.26. The standard InChI is InChI=1S/C17H25N3O/c1-6-21-13-9-7-12(8-10-13)15-14(11-17(2,3)4)19-20(5)16(15)18/h7-10H,6,11,18H2,1-5H3. The van der Waals surface area contributed by atoms with Crippen molar-refractivity contribution >= 4 is 5.82 Å². The molecule has 0 aliphatic rings. The molecule has 0 radical (unpaired) electrons. The highest BCUT2D eigenvalue weighted by atomic mass is 16.5. The Hall–Kier alpha value is -1.97. The third-order valence-corrected chi connectivity index (χ3v) is 3.32. The Labute approximate surface area is 126 Å². The van der Waals surface area contributed by atoms with Crippen LogP contribution in [0.4, 0.5) is 5.82 Å². The molecule has 1 aromatic carbocycles. The summed E-state index contributed by atoms with van der Waals surface area (Å²) in [5.41, 5.74) is 9.56. The van der Waals surface area contributed by atoms with Gasteiger partial charge in [-0.25, -0.2) is 0 Å². The second-order valence-corrected chi connectivity index (χ2v) is 6.53. The van der Waals surface area contributed by atoms with Gasteiger partial charge in [0.25, 0.3) is 0 Å². The predicted molar refractivity (Wildman–Crippen MR) is 87.4 cm³/mol. The summed E-state index contributed by atoms with van der Waals surface area (Å²) in [7, 11) is 1.89. The van der Waals surface area contributed by atoms with Gasteiger partial charge in [0.2, 0.25) is 0 Å². The molecular formula is C17H25N3O. The van der Waals surface area contributed by atoms with E-state index in [4.69, 9.17) is 10.5 Å². The topological polar surface area (TPSA) is 53.1 Å². The van der Waals surface area contributed by atoms with Gasteiger partial charge in [-0.3, -0.25) is 4.68 Å². The van der Waals surface area contributed by atoms with Crippen LogP contribution >= 0.6 is 0 Å². The first-order valence-electron chi connectivity index (χ1n) is 7.36. The predicted octanol–water partition coefficient (Wildman–Crippen LogP) is 3.66. The zero-order chi connectivity index (χ0) is 15.6. The van der Waals surface area contributed by atoms with Crippen LogP contribution in [0.1, 0.15) is 33.4 Å². The monoisotopic (exact) mass is 287 g/mol. The van der Waals surface area contributed by atoms with E-state index in [0.29, 0.717) is 12.4 Å². The van der Waals surface area contributed by atoms with Crippen LogP contribution in [0, 0.1) is 5.41 Å². The van der Waals surface area contributed by atoms with Gasteiger partial charge in [-0.05, 0) is 36.5 Å². The first-order valence-corrected chi connectivity index (χ1v) is 7.36. The number of nitrogen functional groups attached to an aromatic ring is 1. The molecule has 0 saturated heterocycles. The molecule has 21 heavy (non-hydrogen) atoms. The van der Waals surface area contributed by atoms with E-state index in [1.807, 2.05) is 38.2 Å². The number of rotatable bonds is 4. The van der Waals surface area contributed by atoms with Gasteiger partial charge >= 0.3 is 0 Å².